The smallest absolute Gasteiger partial charge is 0.326 e. The summed E-state index contributed by atoms with van der Waals surface area (Å²) in [6.45, 7) is 1.14. The van der Waals surface area contributed by atoms with Crippen LogP contribution >= 0.6 is 11.8 Å². The average Bonchev–Trinajstić information content (AvgIpc) is 2.66. The number of amides is 4. The lowest BCUT2D eigenvalue weighted by Gasteiger charge is -2.25. The molecule has 0 radical (unpaired) electrons. The summed E-state index contributed by atoms with van der Waals surface area (Å²) in [7, 11) is 0. The van der Waals surface area contributed by atoms with Crippen molar-refractivity contribution in [3.8, 4) is 0 Å². The first-order chi connectivity index (χ1) is 14.8. The minimum absolute atomic E-state index is 0.0556. The molecule has 0 aromatic heterocycles. The number of nitrogens with two attached hydrogens (primary N) is 2. The number of carboxylic acid groups (broad SMARTS) is 2. The Morgan fingerprint density at radius 1 is 0.906 bits per heavy atom. The largest absolute Gasteiger partial charge is 0.481 e. The van der Waals surface area contributed by atoms with Gasteiger partial charge < -0.3 is 42.7 Å². The van der Waals surface area contributed by atoms with Gasteiger partial charge in [0.1, 0.15) is 18.1 Å². The number of rotatable bonds is 15. The van der Waals surface area contributed by atoms with Crippen LogP contribution in [-0.4, -0.2) is 93.2 Å². The van der Waals surface area contributed by atoms with E-state index >= 15 is 0 Å². The van der Waals surface area contributed by atoms with E-state index in [1.807, 2.05) is 0 Å². The van der Waals surface area contributed by atoms with Crippen LogP contribution < -0.4 is 27.4 Å². The molecule has 0 aliphatic heterocycles. The molecule has 0 fully saturated rings. The highest BCUT2D eigenvalue weighted by molar-refractivity contribution is 7.98. The van der Waals surface area contributed by atoms with Crippen molar-refractivity contribution in [3.63, 3.8) is 0 Å². The molecule has 0 bridgehead atoms. The first-order valence-corrected chi connectivity index (χ1v) is 10.8. The van der Waals surface area contributed by atoms with Gasteiger partial charge in [0.05, 0.1) is 25.0 Å². The van der Waals surface area contributed by atoms with Crippen molar-refractivity contribution in [1.29, 1.82) is 0 Å². The maximum atomic E-state index is 12.5. The number of carbonyl (C=O) groups excluding carboxylic acids is 4. The lowest BCUT2D eigenvalue weighted by Crippen LogP contribution is -2.60. The van der Waals surface area contributed by atoms with E-state index in [0.29, 0.717) is 5.75 Å². The van der Waals surface area contributed by atoms with E-state index in [0.717, 1.165) is 6.92 Å². The van der Waals surface area contributed by atoms with E-state index in [1.54, 1.807) is 6.26 Å². The van der Waals surface area contributed by atoms with Gasteiger partial charge in [-0.25, -0.2) is 4.79 Å². The Morgan fingerprint density at radius 2 is 1.47 bits per heavy atom. The minimum atomic E-state index is -1.70. The molecule has 0 aromatic carbocycles. The van der Waals surface area contributed by atoms with E-state index in [9.17, 15) is 39.0 Å². The third kappa shape index (κ3) is 10.9. The number of carboxylic acids is 2. The van der Waals surface area contributed by atoms with E-state index in [-0.39, 0.29) is 6.42 Å². The highest BCUT2D eigenvalue weighted by atomic mass is 32.2. The summed E-state index contributed by atoms with van der Waals surface area (Å²) < 4.78 is 0. The zero-order valence-corrected chi connectivity index (χ0v) is 18.4. The summed E-state index contributed by atoms with van der Waals surface area (Å²) in [6.07, 6.45) is -1.14. The van der Waals surface area contributed by atoms with Gasteiger partial charge in [-0.2, -0.15) is 11.8 Å². The average molecular weight is 480 g/mol. The van der Waals surface area contributed by atoms with E-state index in [1.165, 1.54) is 11.8 Å². The molecule has 32 heavy (non-hydrogen) atoms. The van der Waals surface area contributed by atoms with Gasteiger partial charge in [0.15, 0.2) is 0 Å². The minimum Gasteiger partial charge on any atom is -0.481 e. The summed E-state index contributed by atoms with van der Waals surface area (Å²) in [5, 5.41) is 34.4. The molecule has 5 unspecified atom stereocenters. The lowest BCUT2D eigenvalue weighted by molar-refractivity contribution is -0.143. The molecule has 14 nitrogen and oxygen atoms in total. The van der Waals surface area contributed by atoms with E-state index < -0.39 is 78.7 Å². The van der Waals surface area contributed by atoms with Crippen LogP contribution in [0.15, 0.2) is 0 Å². The van der Waals surface area contributed by atoms with Gasteiger partial charge in [-0.15, -0.1) is 0 Å². The maximum Gasteiger partial charge on any atom is 0.326 e. The number of thioether (sulfide) groups is 1. The Balaban J connectivity index is 5.42. The topological polar surface area (TPSA) is 251 Å². The number of aliphatic hydroxyl groups is 1. The molecule has 0 aliphatic rings. The van der Waals surface area contributed by atoms with Crippen molar-refractivity contribution in [2.45, 2.75) is 56.5 Å². The molecule has 15 heteroatoms. The fraction of sp³-hybridized carbons (Fsp3) is 0.647. The second-order valence-electron chi connectivity index (χ2n) is 6.84. The van der Waals surface area contributed by atoms with Crippen molar-refractivity contribution in [2.24, 2.45) is 11.5 Å². The number of hydrogen-bond donors (Lipinski definition) is 8. The first-order valence-electron chi connectivity index (χ1n) is 9.36. The highest BCUT2D eigenvalue weighted by Gasteiger charge is 2.33. The van der Waals surface area contributed by atoms with Crippen molar-refractivity contribution < 1.29 is 44.1 Å². The Kier molecular flexibility index (Phi) is 12.9. The molecular formula is C17H29N5O9S. The first kappa shape index (κ1) is 29.1. The van der Waals surface area contributed by atoms with E-state index in [2.05, 4.69) is 16.0 Å². The van der Waals surface area contributed by atoms with Gasteiger partial charge in [0, 0.05) is 0 Å². The fourth-order valence-electron chi connectivity index (χ4n) is 2.39. The summed E-state index contributed by atoms with van der Waals surface area (Å²) >= 11 is 1.34. The Labute approximate surface area is 187 Å². The zero-order chi connectivity index (χ0) is 25.0. The standard InChI is InChI=1S/C17H29N5O9S/c1-7(23)13(22-14(27)8(18)5-11(19)24)16(29)21-10(6-12(25)26)15(28)20-9(17(30)31)3-4-32-2/h7-10,13,23H,3-6,18H2,1-2H3,(H2,19,24)(H,20,28)(H,21,29)(H,22,27)(H,25,26)(H,30,31). The fourth-order valence-corrected chi connectivity index (χ4v) is 2.86. The van der Waals surface area contributed by atoms with E-state index in [4.69, 9.17) is 16.6 Å². The lowest BCUT2D eigenvalue weighted by atomic mass is 10.1. The molecule has 0 saturated heterocycles. The van der Waals surface area contributed by atoms with Crippen molar-refractivity contribution >= 4 is 47.3 Å². The van der Waals surface area contributed by atoms with Crippen LogP contribution in [0.5, 0.6) is 0 Å². The molecule has 5 atom stereocenters. The predicted molar refractivity (Wildman–Crippen MR) is 112 cm³/mol. The van der Waals surface area contributed by atoms with Crippen molar-refractivity contribution in [2.75, 3.05) is 12.0 Å². The Hall–Kier alpha value is -2.91. The summed E-state index contributed by atoms with van der Waals surface area (Å²) in [6, 6.07) is -6.08. The van der Waals surface area contributed by atoms with Crippen LogP contribution in [-0.2, 0) is 28.8 Å². The number of aliphatic carboxylic acids is 2. The van der Waals surface area contributed by atoms with Crippen LogP contribution in [0.2, 0.25) is 0 Å². The maximum absolute atomic E-state index is 12.5. The third-order valence-electron chi connectivity index (χ3n) is 4.06. The Bertz CT molecular complexity index is 719. The summed E-state index contributed by atoms with van der Waals surface area (Å²) in [5.41, 5.74) is 10.4. The normalized spacial score (nSPS) is 15.4. The summed E-state index contributed by atoms with van der Waals surface area (Å²) in [5.74, 6) is -6.49. The molecule has 0 rings (SSSR count). The number of carbonyl (C=O) groups is 6. The molecule has 10 N–H and O–H groups in total. The van der Waals surface area contributed by atoms with Crippen molar-refractivity contribution in [1.82, 2.24) is 16.0 Å². The Morgan fingerprint density at radius 3 is 1.91 bits per heavy atom. The van der Waals surface area contributed by atoms with Crippen LogP contribution in [0, 0.1) is 0 Å². The number of hydrogen-bond acceptors (Lipinski definition) is 9. The number of primary amides is 1. The van der Waals surface area contributed by atoms with Gasteiger partial charge in [0.2, 0.25) is 23.6 Å². The number of nitrogens with one attached hydrogen (secondary N) is 3. The van der Waals surface area contributed by atoms with Crippen molar-refractivity contribution in [3.05, 3.63) is 0 Å². The second-order valence-corrected chi connectivity index (χ2v) is 7.83. The van der Waals surface area contributed by atoms with Crippen LogP contribution in [0.25, 0.3) is 0 Å². The molecule has 4 amide bonds. The molecule has 0 spiro atoms. The second kappa shape index (κ2) is 14.2. The monoisotopic (exact) mass is 479 g/mol. The molecule has 0 aromatic rings. The zero-order valence-electron chi connectivity index (χ0n) is 17.6. The van der Waals surface area contributed by atoms with Gasteiger partial charge in [-0.05, 0) is 25.4 Å². The van der Waals surface area contributed by atoms with Crippen LogP contribution in [0.3, 0.4) is 0 Å². The molecule has 0 heterocycles. The quantitative estimate of drug-likeness (QED) is 0.114. The SMILES string of the molecule is CSCCC(NC(=O)C(CC(=O)O)NC(=O)C(NC(=O)C(N)CC(N)=O)C(C)O)C(=O)O. The van der Waals surface area contributed by atoms with Crippen LogP contribution in [0.1, 0.15) is 26.2 Å². The van der Waals surface area contributed by atoms with Gasteiger partial charge in [0.25, 0.3) is 0 Å². The number of aliphatic hydroxyl groups excluding tert-OH is 1. The van der Waals surface area contributed by atoms with Gasteiger partial charge in [-0.1, -0.05) is 0 Å². The molecular weight excluding hydrogens is 450 g/mol. The molecule has 0 saturated carbocycles. The predicted octanol–water partition coefficient (Wildman–Crippen LogP) is -3.66. The van der Waals surface area contributed by atoms with Gasteiger partial charge >= 0.3 is 11.9 Å². The molecule has 182 valence electrons. The summed E-state index contributed by atoms with van der Waals surface area (Å²) in [4.78, 5) is 70.4. The van der Waals surface area contributed by atoms with Crippen LogP contribution in [0.4, 0.5) is 0 Å². The third-order valence-corrected chi connectivity index (χ3v) is 4.70. The van der Waals surface area contributed by atoms with Gasteiger partial charge in [-0.3, -0.25) is 24.0 Å². The molecule has 0 aliphatic carbocycles. The highest BCUT2D eigenvalue weighted by Crippen LogP contribution is 2.04.